The van der Waals surface area contributed by atoms with Crippen LogP contribution >= 0.6 is 0 Å². The molecule has 0 aromatic heterocycles. The summed E-state index contributed by atoms with van der Waals surface area (Å²) in [5.74, 6) is -1.48. The van der Waals surface area contributed by atoms with Crippen molar-refractivity contribution in [1.82, 2.24) is 0 Å². The third-order valence-electron chi connectivity index (χ3n) is 7.21. The SMILES string of the molecule is CCC(C)(C)OC(=O)Oc1ccc(C[C@H](N)C(=O)O[C@@H](C)C(C)OC(=O)C(C)C(C)C)cc1OC(=O)OC(C)(C)CC. The molecule has 0 amide bonds. The molecule has 238 valence electrons. The van der Waals surface area contributed by atoms with E-state index in [1.807, 2.05) is 27.7 Å². The van der Waals surface area contributed by atoms with E-state index >= 15 is 0 Å². The van der Waals surface area contributed by atoms with Gasteiger partial charge in [0.15, 0.2) is 11.5 Å². The molecule has 0 fully saturated rings. The van der Waals surface area contributed by atoms with Crippen LogP contribution in [0.1, 0.15) is 94.6 Å². The molecule has 0 aliphatic carbocycles. The Kier molecular flexibility index (Phi) is 13.8. The monoisotopic (exact) mass is 595 g/mol. The molecule has 1 aromatic carbocycles. The van der Waals surface area contributed by atoms with Gasteiger partial charge in [0.1, 0.15) is 29.5 Å². The highest BCUT2D eigenvalue weighted by atomic mass is 16.8. The Labute approximate surface area is 249 Å². The zero-order chi connectivity index (χ0) is 32.4. The molecule has 11 heteroatoms. The summed E-state index contributed by atoms with van der Waals surface area (Å²) in [4.78, 5) is 50.0. The second kappa shape index (κ2) is 15.8. The molecule has 0 spiro atoms. The van der Waals surface area contributed by atoms with E-state index in [9.17, 15) is 19.2 Å². The summed E-state index contributed by atoms with van der Waals surface area (Å²) >= 11 is 0. The maximum Gasteiger partial charge on any atom is 0.514 e. The first-order valence-electron chi connectivity index (χ1n) is 14.4. The van der Waals surface area contributed by atoms with Crippen LogP contribution in [0.4, 0.5) is 9.59 Å². The molecule has 11 nitrogen and oxygen atoms in total. The van der Waals surface area contributed by atoms with Gasteiger partial charge in [-0.25, -0.2) is 9.59 Å². The molecule has 2 unspecified atom stereocenters. The lowest BCUT2D eigenvalue weighted by molar-refractivity contribution is -0.169. The van der Waals surface area contributed by atoms with E-state index in [2.05, 4.69) is 0 Å². The van der Waals surface area contributed by atoms with Crippen molar-refractivity contribution in [1.29, 1.82) is 0 Å². The van der Waals surface area contributed by atoms with Crippen LogP contribution in [0.3, 0.4) is 0 Å². The van der Waals surface area contributed by atoms with Crippen molar-refractivity contribution in [2.24, 2.45) is 17.6 Å². The molecule has 0 saturated carbocycles. The van der Waals surface area contributed by atoms with Gasteiger partial charge in [-0.1, -0.05) is 40.7 Å². The highest BCUT2D eigenvalue weighted by Gasteiger charge is 2.29. The van der Waals surface area contributed by atoms with Crippen LogP contribution in [-0.4, -0.2) is 53.7 Å². The lowest BCUT2D eigenvalue weighted by atomic mass is 9.98. The second-order valence-electron chi connectivity index (χ2n) is 12.0. The van der Waals surface area contributed by atoms with Crippen LogP contribution in [0.2, 0.25) is 0 Å². The molecule has 0 radical (unpaired) electrons. The fourth-order valence-electron chi connectivity index (χ4n) is 3.02. The van der Waals surface area contributed by atoms with E-state index in [-0.39, 0.29) is 35.7 Å². The van der Waals surface area contributed by atoms with Crippen molar-refractivity contribution < 1.29 is 47.6 Å². The molecule has 4 atom stereocenters. The number of hydrogen-bond acceptors (Lipinski definition) is 11. The average molecular weight is 596 g/mol. The fourth-order valence-corrected chi connectivity index (χ4v) is 3.02. The van der Waals surface area contributed by atoms with Gasteiger partial charge in [0.05, 0.1) is 5.92 Å². The first-order valence-corrected chi connectivity index (χ1v) is 14.4. The van der Waals surface area contributed by atoms with Gasteiger partial charge in [0.25, 0.3) is 0 Å². The van der Waals surface area contributed by atoms with E-state index < -0.39 is 47.7 Å². The summed E-state index contributed by atoms with van der Waals surface area (Å²) in [6.45, 7) is 19.5. The van der Waals surface area contributed by atoms with Crippen LogP contribution in [-0.2, 0) is 35.0 Å². The van der Waals surface area contributed by atoms with Crippen molar-refractivity contribution in [3.8, 4) is 11.5 Å². The first kappa shape index (κ1) is 36.7. The number of hydrogen-bond donors (Lipinski definition) is 1. The maximum atomic E-state index is 12.7. The van der Waals surface area contributed by atoms with Crippen LogP contribution in [0, 0.1) is 11.8 Å². The van der Waals surface area contributed by atoms with Crippen molar-refractivity contribution in [3.63, 3.8) is 0 Å². The zero-order valence-corrected chi connectivity index (χ0v) is 26.9. The van der Waals surface area contributed by atoms with Gasteiger partial charge >= 0.3 is 24.2 Å². The van der Waals surface area contributed by atoms with Gasteiger partial charge in [-0.15, -0.1) is 0 Å². The number of benzene rings is 1. The van der Waals surface area contributed by atoms with Gasteiger partial charge in [0.2, 0.25) is 0 Å². The lowest BCUT2D eigenvalue weighted by Gasteiger charge is -2.25. The minimum atomic E-state index is -1.09. The predicted molar refractivity (Wildman–Crippen MR) is 156 cm³/mol. The first-order chi connectivity index (χ1) is 19.3. The third-order valence-corrected chi connectivity index (χ3v) is 7.21. The number of ether oxygens (including phenoxy) is 6. The summed E-state index contributed by atoms with van der Waals surface area (Å²) in [5.41, 5.74) is 5.05. The van der Waals surface area contributed by atoms with Crippen LogP contribution in [0.15, 0.2) is 18.2 Å². The molecule has 0 bridgehead atoms. The summed E-state index contributed by atoms with van der Waals surface area (Å²) in [5, 5.41) is 0. The largest absolute Gasteiger partial charge is 0.514 e. The molecule has 0 saturated heterocycles. The van der Waals surface area contributed by atoms with Gasteiger partial charge in [0, 0.05) is 0 Å². The standard InChI is InChI=1S/C31H49NO10/c1-12-30(8,9)41-28(35)39-24-15-14-22(17-25(24)40-29(36)42-31(10,11)13-2)16-23(32)27(34)38-21(7)20(6)37-26(33)19(5)18(3)4/h14-15,17-21,23H,12-13,16,32H2,1-11H3/t19?,20?,21-,23-/m0/s1. The van der Waals surface area contributed by atoms with Gasteiger partial charge in [-0.05, 0) is 84.4 Å². The molecule has 0 aliphatic heterocycles. The summed E-state index contributed by atoms with van der Waals surface area (Å²) in [6.07, 6.45) is -2.31. The maximum absolute atomic E-state index is 12.7. The number of rotatable bonds is 14. The molecular formula is C31H49NO10. The number of carbonyl (C=O) groups is 4. The Balaban J connectivity index is 3.04. The average Bonchev–Trinajstić information content (AvgIpc) is 2.88. The van der Waals surface area contributed by atoms with E-state index in [4.69, 9.17) is 34.2 Å². The van der Waals surface area contributed by atoms with Crippen LogP contribution < -0.4 is 15.2 Å². The number of carbonyl (C=O) groups excluding carboxylic acids is 4. The quantitative estimate of drug-likeness (QED) is 0.150. The lowest BCUT2D eigenvalue weighted by Crippen LogP contribution is -2.40. The van der Waals surface area contributed by atoms with Gasteiger partial charge < -0.3 is 34.2 Å². The van der Waals surface area contributed by atoms with Crippen LogP contribution in [0.25, 0.3) is 0 Å². The Hall–Kier alpha value is -3.34. The van der Waals surface area contributed by atoms with E-state index in [1.165, 1.54) is 12.1 Å². The minimum absolute atomic E-state index is 0.00353. The van der Waals surface area contributed by atoms with E-state index in [1.54, 1.807) is 54.5 Å². The molecule has 0 aliphatic rings. The number of nitrogens with two attached hydrogens (primary N) is 1. The molecule has 42 heavy (non-hydrogen) atoms. The smallest absolute Gasteiger partial charge is 0.459 e. The minimum Gasteiger partial charge on any atom is -0.459 e. The normalized spacial score (nSPS) is 14.7. The highest BCUT2D eigenvalue weighted by molar-refractivity contribution is 5.76. The highest BCUT2D eigenvalue weighted by Crippen LogP contribution is 2.31. The molecular weight excluding hydrogens is 546 g/mol. The van der Waals surface area contributed by atoms with Crippen molar-refractivity contribution in [2.45, 2.75) is 125 Å². The summed E-state index contributed by atoms with van der Waals surface area (Å²) < 4.78 is 32.3. The molecule has 1 aromatic rings. The third kappa shape index (κ3) is 12.3. The Morgan fingerprint density at radius 2 is 1.19 bits per heavy atom. The Bertz CT molecular complexity index is 1080. The Morgan fingerprint density at radius 3 is 1.64 bits per heavy atom. The fraction of sp³-hybridized carbons (Fsp3) is 0.677. The summed E-state index contributed by atoms with van der Waals surface area (Å²) in [7, 11) is 0. The summed E-state index contributed by atoms with van der Waals surface area (Å²) in [6, 6.07) is 3.30. The predicted octanol–water partition coefficient (Wildman–Crippen LogP) is 6.12. The molecule has 0 heterocycles. The van der Waals surface area contributed by atoms with E-state index in [0.29, 0.717) is 18.4 Å². The van der Waals surface area contributed by atoms with Crippen molar-refractivity contribution >= 4 is 24.2 Å². The zero-order valence-electron chi connectivity index (χ0n) is 26.9. The number of esters is 2. The molecule has 2 N–H and O–H groups in total. The van der Waals surface area contributed by atoms with Crippen molar-refractivity contribution in [2.75, 3.05) is 0 Å². The van der Waals surface area contributed by atoms with Crippen LogP contribution in [0.5, 0.6) is 11.5 Å². The molecule has 1 rings (SSSR count). The topological polar surface area (TPSA) is 150 Å². The van der Waals surface area contributed by atoms with E-state index in [0.717, 1.165) is 0 Å². The van der Waals surface area contributed by atoms with Gasteiger partial charge in [-0.2, -0.15) is 0 Å². The Morgan fingerprint density at radius 1 is 0.738 bits per heavy atom. The second-order valence-corrected chi connectivity index (χ2v) is 12.0. The van der Waals surface area contributed by atoms with Crippen molar-refractivity contribution in [3.05, 3.63) is 23.8 Å². The van der Waals surface area contributed by atoms with Gasteiger partial charge in [-0.3, -0.25) is 9.59 Å².